The normalized spacial score (nSPS) is 17.5. The molecule has 2 aromatic heterocycles. The molecule has 4 rings (SSSR count). The third kappa shape index (κ3) is 3.75. The van der Waals surface area contributed by atoms with E-state index in [1.807, 2.05) is 6.20 Å². The number of rotatable bonds is 3. The zero-order valence-corrected chi connectivity index (χ0v) is 15.9. The van der Waals surface area contributed by atoms with Crippen molar-refractivity contribution < 1.29 is 9.00 Å². The topological polar surface area (TPSA) is 90.1 Å². The van der Waals surface area contributed by atoms with E-state index in [-0.39, 0.29) is 5.25 Å². The second-order valence-electron chi connectivity index (χ2n) is 6.96. The van der Waals surface area contributed by atoms with Crippen molar-refractivity contribution in [2.45, 2.75) is 37.4 Å². The maximum Gasteiger partial charge on any atom is 0.285 e. The Morgan fingerprint density at radius 1 is 1.19 bits per heavy atom. The number of benzene rings is 1. The Hall–Kier alpha value is -2.61. The summed E-state index contributed by atoms with van der Waals surface area (Å²) in [5.74, 6) is -0.425. The molecule has 7 nitrogen and oxygen atoms in total. The van der Waals surface area contributed by atoms with Crippen molar-refractivity contribution in [3.63, 3.8) is 0 Å². The molecule has 1 aromatic carbocycles. The van der Waals surface area contributed by atoms with E-state index < -0.39 is 15.6 Å². The summed E-state index contributed by atoms with van der Waals surface area (Å²) in [6.07, 6.45) is 13.3. The molecule has 1 saturated carbocycles. The van der Waals surface area contributed by atoms with E-state index in [0.717, 1.165) is 42.3 Å². The van der Waals surface area contributed by atoms with Crippen LogP contribution in [0.15, 0.2) is 47.5 Å². The summed E-state index contributed by atoms with van der Waals surface area (Å²) in [6.45, 7) is 0. The van der Waals surface area contributed by atoms with Crippen LogP contribution in [0.5, 0.6) is 0 Å². The van der Waals surface area contributed by atoms with Crippen LogP contribution in [0.25, 0.3) is 16.6 Å². The third-order valence-electron chi connectivity index (χ3n) is 5.00. The molecule has 1 atom stereocenters. The molecule has 1 aliphatic rings. The lowest BCUT2D eigenvalue weighted by Crippen LogP contribution is -2.23. The molecule has 0 saturated heterocycles. The SMILES string of the molecule is CS(=O)(=NC(=O)c1ccc2nn(-c3cncnc3)cc2c1)C1CCCCC1. The van der Waals surface area contributed by atoms with Gasteiger partial charge in [0, 0.05) is 28.7 Å². The molecule has 140 valence electrons. The zero-order valence-electron chi connectivity index (χ0n) is 15.1. The van der Waals surface area contributed by atoms with Crippen LogP contribution in [0.3, 0.4) is 0 Å². The second-order valence-corrected chi connectivity index (χ2v) is 9.53. The second kappa shape index (κ2) is 7.19. The quantitative estimate of drug-likeness (QED) is 0.691. The highest BCUT2D eigenvalue weighted by Gasteiger charge is 2.23. The highest BCUT2D eigenvalue weighted by Crippen LogP contribution is 2.25. The van der Waals surface area contributed by atoms with Gasteiger partial charge in [-0.1, -0.05) is 19.3 Å². The van der Waals surface area contributed by atoms with Gasteiger partial charge in [0.05, 0.1) is 27.6 Å². The molecular formula is C19H21N5O2S. The van der Waals surface area contributed by atoms with Gasteiger partial charge in [-0.15, -0.1) is 0 Å². The summed E-state index contributed by atoms with van der Waals surface area (Å²) in [7, 11) is -2.53. The standard InChI is InChI=1S/C19H21N5O2S/c1-27(26,17-5-3-2-4-6-17)23-19(25)14-7-8-18-15(9-14)12-24(22-18)16-10-20-13-21-11-16/h7-13,17H,2-6H2,1H3. The van der Waals surface area contributed by atoms with Gasteiger partial charge in [-0.05, 0) is 31.0 Å². The van der Waals surface area contributed by atoms with Gasteiger partial charge in [0.1, 0.15) is 12.0 Å². The smallest absolute Gasteiger partial charge is 0.266 e. The van der Waals surface area contributed by atoms with E-state index in [1.165, 1.54) is 12.7 Å². The monoisotopic (exact) mass is 383 g/mol. The van der Waals surface area contributed by atoms with Crippen LogP contribution in [0.4, 0.5) is 0 Å². The molecule has 0 N–H and O–H groups in total. The summed E-state index contributed by atoms with van der Waals surface area (Å²) in [4.78, 5) is 20.6. The molecule has 2 heterocycles. The molecule has 0 aliphatic heterocycles. The van der Waals surface area contributed by atoms with Crippen molar-refractivity contribution in [3.05, 3.63) is 48.7 Å². The molecule has 3 aromatic rings. The number of nitrogens with zero attached hydrogens (tertiary/aromatic N) is 5. The van der Waals surface area contributed by atoms with Gasteiger partial charge in [0.25, 0.3) is 5.91 Å². The summed E-state index contributed by atoms with van der Waals surface area (Å²) in [5, 5.41) is 5.29. The van der Waals surface area contributed by atoms with Gasteiger partial charge < -0.3 is 0 Å². The maximum atomic E-state index is 13.0. The number of amides is 1. The zero-order chi connectivity index (χ0) is 18.9. The lowest BCUT2D eigenvalue weighted by atomic mass is 10.0. The van der Waals surface area contributed by atoms with E-state index in [2.05, 4.69) is 19.4 Å². The predicted molar refractivity (Wildman–Crippen MR) is 104 cm³/mol. The summed E-state index contributed by atoms with van der Waals surface area (Å²) in [5.41, 5.74) is 1.91. The van der Waals surface area contributed by atoms with E-state index >= 15 is 0 Å². The number of fused-ring (bicyclic) bond motifs is 1. The number of aromatic nitrogens is 4. The highest BCUT2D eigenvalue weighted by molar-refractivity contribution is 7.93. The predicted octanol–water partition coefficient (Wildman–Crippen LogP) is 3.39. The van der Waals surface area contributed by atoms with E-state index in [0.29, 0.717) is 5.56 Å². The Labute approximate surface area is 158 Å². The van der Waals surface area contributed by atoms with Crippen molar-refractivity contribution in [3.8, 4) is 5.69 Å². The molecule has 0 radical (unpaired) electrons. The fourth-order valence-electron chi connectivity index (χ4n) is 3.49. The van der Waals surface area contributed by atoms with Crippen molar-refractivity contribution in [2.24, 2.45) is 4.36 Å². The van der Waals surface area contributed by atoms with Gasteiger partial charge in [0.15, 0.2) is 0 Å². The number of hydrogen-bond donors (Lipinski definition) is 0. The summed E-state index contributed by atoms with van der Waals surface area (Å²) < 4.78 is 18.7. The Morgan fingerprint density at radius 2 is 1.93 bits per heavy atom. The minimum atomic E-state index is -2.53. The van der Waals surface area contributed by atoms with Crippen molar-refractivity contribution in [1.82, 2.24) is 19.7 Å². The molecule has 1 fully saturated rings. The van der Waals surface area contributed by atoms with Gasteiger partial charge in [-0.25, -0.2) is 18.9 Å². The molecule has 8 heteroatoms. The molecule has 1 aliphatic carbocycles. The van der Waals surface area contributed by atoms with Gasteiger partial charge in [-0.2, -0.15) is 9.46 Å². The largest absolute Gasteiger partial charge is 0.285 e. The van der Waals surface area contributed by atoms with Crippen LogP contribution in [-0.2, 0) is 9.73 Å². The van der Waals surface area contributed by atoms with Crippen LogP contribution >= 0.6 is 0 Å². The lowest BCUT2D eigenvalue weighted by molar-refractivity contribution is 0.100. The first-order valence-corrected chi connectivity index (χ1v) is 11.0. The Balaban J connectivity index is 1.64. The molecule has 1 unspecified atom stereocenters. The van der Waals surface area contributed by atoms with Crippen molar-refractivity contribution >= 4 is 26.5 Å². The van der Waals surface area contributed by atoms with Crippen LogP contribution < -0.4 is 0 Å². The fraction of sp³-hybridized carbons (Fsp3) is 0.368. The first-order chi connectivity index (χ1) is 13.0. The van der Waals surface area contributed by atoms with Gasteiger partial charge in [0.2, 0.25) is 0 Å². The summed E-state index contributed by atoms with van der Waals surface area (Å²) in [6, 6.07) is 5.20. The Kier molecular flexibility index (Phi) is 4.73. The van der Waals surface area contributed by atoms with Crippen LogP contribution in [0, 0.1) is 0 Å². The average molecular weight is 383 g/mol. The van der Waals surface area contributed by atoms with Gasteiger partial charge >= 0.3 is 0 Å². The first-order valence-electron chi connectivity index (χ1n) is 9.03. The van der Waals surface area contributed by atoms with E-state index in [9.17, 15) is 9.00 Å². The van der Waals surface area contributed by atoms with E-state index in [4.69, 9.17) is 0 Å². The molecular weight excluding hydrogens is 362 g/mol. The first kappa shape index (κ1) is 17.8. The molecule has 0 bridgehead atoms. The average Bonchev–Trinajstić information content (AvgIpc) is 3.12. The van der Waals surface area contributed by atoms with E-state index in [1.54, 1.807) is 41.5 Å². The minimum Gasteiger partial charge on any atom is -0.266 e. The number of hydrogen-bond acceptors (Lipinski definition) is 5. The number of carbonyl (C=O) groups excluding carboxylic acids is 1. The lowest BCUT2D eigenvalue weighted by Gasteiger charge is -2.22. The third-order valence-corrected chi connectivity index (χ3v) is 7.23. The Bertz CT molecular complexity index is 1090. The highest BCUT2D eigenvalue weighted by atomic mass is 32.2. The fourth-order valence-corrected chi connectivity index (χ4v) is 5.29. The van der Waals surface area contributed by atoms with Crippen LogP contribution in [0.2, 0.25) is 0 Å². The van der Waals surface area contributed by atoms with Crippen molar-refractivity contribution in [2.75, 3.05) is 6.26 Å². The molecule has 27 heavy (non-hydrogen) atoms. The molecule has 1 amide bonds. The summed E-state index contributed by atoms with van der Waals surface area (Å²) >= 11 is 0. The maximum absolute atomic E-state index is 13.0. The Morgan fingerprint density at radius 3 is 2.67 bits per heavy atom. The molecule has 0 spiro atoms. The van der Waals surface area contributed by atoms with Gasteiger partial charge in [-0.3, -0.25) is 4.79 Å². The minimum absolute atomic E-state index is 0.0137. The van der Waals surface area contributed by atoms with Crippen molar-refractivity contribution in [1.29, 1.82) is 0 Å². The van der Waals surface area contributed by atoms with Crippen LogP contribution in [0.1, 0.15) is 42.5 Å². The number of carbonyl (C=O) groups is 1. The van der Waals surface area contributed by atoms with Crippen LogP contribution in [-0.4, -0.2) is 41.4 Å².